The summed E-state index contributed by atoms with van der Waals surface area (Å²) in [5, 5.41) is 7.67. The minimum atomic E-state index is 0.461. The van der Waals surface area contributed by atoms with E-state index in [4.69, 9.17) is 9.72 Å². The Labute approximate surface area is 133 Å². The molecule has 5 heteroatoms. The van der Waals surface area contributed by atoms with Crippen molar-refractivity contribution < 1.29 is 4.74 Å². The van der Waals surface area contributed by atoms with Crippen LogP contribution in [0.3, 0.4) is 0 Å². The first-order chi connectivity index (χ1) is 10.4. The molecule has 2 fully saturated rings. The van der Waals surface area contributed by atoms with E-state index in [2.05, 4.69) is 27.1 Å². The van der Waals surface area contributed by atoms with Crippen LogP contribution in [0, 0.1) is 0 Å². The minimum absolute atomic E-state index is 0.461. The van der Waals surface area contributed by atoms with Crippen molar-refractivity contribution in [1.82, 2.24) is 9.88 Å². The molecule has 1 saturated heterocycles. The second-order valence-electron chi connectivity index (χ2n) is 5.89. The first kappa shape index (κ1) is 13.9. The van der Waals surface area contributed by atoms with Crippen LogP contribution in [0.25, 0.3) is 10.6 Å². The first-order valence-electron chi connectivity index (χ1n) is 7.73. The number of ether oxygens (including phenoxy) is 1. The average molecular weight is 320 g/mol. The average Bonchev–Trinajstić information content (AvgIpc) is 3.18. The van der Waals surface area contributed by atoms with Gasteiger partial charge in [-0.15, -0.1) is 11.3 Å². The fourth-order valence-corrected chi connectivity index (χ4v) is 5.00. The van der Waals surface area contributed by atoms with Gasteiger partial charge in [-0.3, -0.25) is 4.90 Å². The molecule has 2 aromatic rings. The summed E-state index contributed by atoms with van der Waals surface area (Å²) in [5.41, 5.74) is 2.47. The highest BCUT2D eigenvalue weighted by atomic mass is 32.1. The van der Waals surface area contributed by atoms with Crippen LogP contribution in [-0.4, -0.2) is 35.2 Å². The molecular formula is C16H20N2OS2. The third-order valence-corrected chi connectivity index (χ3v) is 6.16. The molecular weight excluding hydrogens is 300 g/mol. The highest BCUT2D eigenvalue weighted by Crippen LogP contribution is 2.31. The van der Waals surface area contributed by atoms with Gasteiger partial charge in [-0.05, 0) is 24.3 Å². The molecule has 3 nitrogen and oxygen atoms in total. The molecule has 2 aliphatic rings. The normalized spacial score (nSPS) is 26.7. The van der Waals surface area contributed by atoms with E-state index >= 15 is 0 Å². The van der Waals surface area contributed by atoms with Crippen molar-refractivity contribution in [1.29, 1.82) is 0 Å². The lowest BCUT2D eigenvalue weighted by molar-refractivity contribution is -0.0914. The smallest absolute Gasteiger partial charge is 0.124 e. The maximum Gasteiger partial charge on any atom is 0.124 e. The van der Waals surface area contributed by atoms with Crippen molar-refractivity contribution >= 4 is 22.7 Å². The summed E-state index contributed by atoms with van der Waals surface area (Å²) >= 11 is 3.50. The van der Waals surface area contributed by atoms with E-state index in [0.717, 1.165) is 24.7 Å². The molecule has 1 saturated carbocycles. The Balaban J connectivity index is 1.47. The van der Waals surface area contributed by atoms with Gasteiger partial charge >= 0.3 is 0 Å². The molecule has 2 aromatic heterocycles. The molecule has 0 aromatic carbocycles. The lowest BCUT2D eigenvalue weighted by Crippen LogP contribution is -2.52. The van der Waals surface area contributed by atoms with E-state index in [1.54, 1.807) is 22.7 Å². The number of hydrogen-bond acceptors (Lipinski definition) is 5. The fourth-order valence-electron chi connectivity index (χ4n) is 3.48. The summed E-state index contributed by atoms with van der Waals surface area (Å²) in [6, 6.07) is 2.76. The Bertz CT molecular complexity index is 579. The van der Waals surface area contributed by atoms with Crippen LogP contribution in [0.5, 0.6) is 0 Å². The van der Waals surface area contributed by atoms with Gasteiger partial charge in [0.15, 0.2) is 0 Å². The summed E-state index contributed by atoms with van der Waals surface area (Å²) < 4.78 is 5.96. The van der Waals surface area contributed by atoms with Gasteiger partial charge < -0.3 is 4.74 Å². The van der Waals surface area contributed by atoms with E-state index in [-0.39, 0.29) is 0 Å². The summed E-state index contributed by atoms with van der Waals surface area (Å²) in [5.74, 6) is 0. The minimum Gasteiger partial charge on any atom is -0.375 e. The number of rotatable bonds is 3. The number of thiophene rings is 1. The molecule has 1 aliphatic heterocycles. The Hall–Kier alpha value is -0.750. The van der Waals surface area contributed by atoms with Crippen LogP contribution in [-0.2, 0) is 11.3 Å². The van der Waals surface area contributed by atoms with Crippen LogP contribution in [0.4, 0.5) is 0 Å². The van der Waals surface area contributed by atoms with Crippen molar-refractivity contribution in [2.24, 2.45) is 0 Å². The first-order valence-corrected chi connectivity index (χ1v) is 9.55. The second kappa shape index (κ2) is 6.16. The largest absolute Gasteiger partial charge is 0.375 e. The molecule has 2 atom stereocenters. The lowest BCUT2D eigenvalue weighted by Gasteiger charge is -2.43. The summed E-state index contributed by atoms with van der Waals surface area (Å²) in [6.07, 6.45) is 5.65. The molecule has 0 unspecified atom stereocenters. The third kappa shape index (κ3) is 2.93. The van der Waals surface area contributed by atoms with Crippen molar-refractivity contribution in [2.45, 2.75) is 44.4 Å². The van der Waals surface area contributed by atoms with Crippen LogP contribution in [0.15, 0.2) is 22.2 Å². The number of hydrogen-bond donors (Lipinski definition) is 0. The van der Waals surface area contributed by atoms with Gasteiger partial charge in [0.1, 0.15) is 5.01 Å². The SMILES string of the molecule is c1cc(-c2nc(CN3CCO[C@H]4CCCC[C@@H]43)cs2)cs1. The quantitative estimate of drug-likeness (QED) is 0.854. The predicted octanol–water partition coefficient (Wildman–Crippen LogP) is 4.02. The molecule has 1 aliphatic carbocycles. The fraction of sp³-hybridized carbons (Fsp3) is 0.562. The number of aromatic nitrogens is 1. The van der Waals surface area contributed by atoms with Gasteiger partial charge in [0.05, 0.1) is 18.4 Å². The molecule has 112 valence electrons. The highest BCUT2D eigenvalue weighted by Gasteiger charge is 2.34. The molecule has 21 heavy (non-hydrogen) atoms. The maximum atomic E-state index is 5.96. The standard InChI is InChI=1S/C16H20N2OS2/c1-2-4-15-14(3-1)18(6-7-19-15)9-13-11-21-16(17-13)12-5-8-20-10-12/h5,8,10-11,14-15H,1-4,6-7,9H2/t14-,15-/m0/s1. The molecule has 0 bridgehead atoms. The third-order valence-electron chi connectivity index (χ3n) is 4.53. The van der Waals surface area contributed by atoms with Gasteiger partial charge in [-0.1, -0.05) is 12.8 Å². The number of morpholine rings is 1. The maximum absolute atomic E-state index is 5.96. The molecule has 3 heterocycles. The zero-order chi connectivity index (χ0) is 14.1. The van der Waals surface area contributed by atoms with E-state index in [1.807, 2.05) is 0 Å². The topological polar surface area (TPSA) is 25.4 Å². The molecule has 0 spiro atoms. The van der Waals surface area contributed by atoms with E-state index < -0.39 is 0 Å². The van der Waals surface area contributed by atoms with Crippen LogP contribution < -0.4 is 0 Å². The predicted molar refractivity (Wildman–Crippen MR) is 87.8 cm³/mol. The molecule has 0 radical (unpaired) electrons. The van der Waals surface area contributed by atoms with Crippen molar-refractivity contribution in [3.63, 3.8) is 0 Å². The Morgan fingerprint density at radius 3 is 3.14 bits per heavy atom. The van der Waals surface area contributed by atoms with Crippen molar-refractivity contribution in [3.8, 4) is 10.6 Å². The highest BCUT2D eigenvalue weighted by molar-refractivity contribution is 7.14. The number of fused-ring (bicyclic) bond motifs is 1. The van der Waals surface area contributed by atoms with Crippen molar-refractivity contribution in [2.75, 3.05) is 13.2 Å². The zero-order valence-corrected chi connectivity index (χ0v) is 13.7. The Morgan fingerprint density at radius 1 is 1.29 bits per heavy atom. The van der Waals surface area contributed by atoms with E-state index in [0.29, 0.717) is 12.1 Å². The Kier molecular flexibility index (Phi) is 4.07. The monoisotopic (exact) mass is 320 g/mol. The van der Waals surface area contributed by atoms with Crippen LogP contribution in [0.1, 0.15) is 31.4 Å². The van der Waals surface area contributed by atoms with E-state index in [9.17, 15) is 0 Å². The zero-order valence-electron chi connectivity index (χ0n) is 12.0. The van der Waals surface area contributed by atoms with Gasteiger partial charge in [0, 0.05) is 35.5 Å². The van der Waals surface area contributed by atoms with E-state index in [1.165, 1.54) is 36.9 Å². The molecule has 0 N–H and O–H groups in total. The van der Waals surface area contributed by atoms with Gasteiger partial charge in [-0.25, -0.2) is 4.98 Å². The van der Waals surface area contributed by atoms with Gasteiger partial charge in [-0.2, -0.15) is 11.3 Å². The molecule has 0 amide bonds. The molecule has 4 rings (SSSR count). The number of thiazole rings is 1. The van der Waals surface area contributed by atoms with Gasteiger partial charge in [0.2, 0.25) is 0 Å². The van der Waals surface area contributed by atoms with Crippen LogP contribution in [0.2, 0.25) is 0 Å². The summed E-state index contributed by atoms with van der Waals surface area (Å²) in [7, 11) is 0. The van der Waals surface area contributed by atoms with Crippen LogP contribution >= 0.6 is 22.7 Å². The number of nitrogens with zero attached hydrogens (tertiary/aromatic N) is 2. The Morgan fingerprint density at radius 2 is 2.24 bits per heavy atom. The van der Waals surface area contributed by atoms with Gasteiger partial charge in [0.25, 0.3) is 0 Å². The summed E-state index contributed by atoms with van der Waals surface area (Å²) in [6.45, 7) is 2.90. The van der Waals surface area contributed by atoms with Crippen molar-refractivity contribution in [3.05, 3.63) is 27.9 Å². The lowest BCUT2D eigenvalue weighted by atomic mass is 9.90. The second-order valence-corrected chi connectivity index (χ2v) is 7.53. The summed E-state index contributed by atoms with van der Waals surface area (Å²) in [4.78, 5) is 7.42.